The average Bonchev–Trinajstić information content (AvgIpc) is 2.29. The van der Waals surface area contributed by atoms with E-state index in [1.54, 1.807) is 0 Å². The van der Waals surface area contributed by atoms with E-state index in [2.05, 4.69) is 30.9 Å². The lowest BCUT2D eigenvalue weighted by atomic mass is 9.87. The number of rotatable bonds is 2. The van der Waals surface area contributed by atoms with Crippen LogP contribution in [0.15, 0.2) is 0 Å². The molecule has 80 valence electrons. The van der Waals surface area contributed by atoms with Gasteiger partial charge in [-0.3, -0.25) is 0 Å². The summed E-state index contributed by atoms with van der Waals surface area (Å²) in [7, 11) is 0. The second-order valence-corrected chi connectivity index (χ2v) is 4.77. The first-order chi connectivity index (χ1) is 6.36. The molecule has 0 saturated heterocycles. The molecule has 0 aromatic carbocycles. The molecule has 0 fully saturated rings. The molecule has 1 unspecified atom stereocenters. The molecule has 4 heteroatoms. The first kappa shape index (κ1) is 11.2. The Balaban J connectivity index is 3.07. The summed E-state index contributed by atoms with van der Waals surface area (Å²) in [4.78, 5) is 4.29. The molecule has 0 aliphatic rings. The number of nitrogens with zero attached hydrogens (tertiary/aromatic N) is 3. The van der Waals surface area contributed by atoms with Crippen molar-refractivity contribution in [3.8, 4) is 0 Å². The van der Waals surface area contributed by atoms with Gasteiger partial charge in [-0.15, -0.1) is 0 Å². The highest BCUT2D eigenvalue weighted by Gasteiger charge is 2.27. The summed E-state index contributed by atoms with van der Waals surface area (Å²) >= 11 is 0. The van der Waals surface area contributed by atoms with Crippen molar-refractivity contribution < 1.29 is 0 Å². The van der Waals surface area contributed by atoms with E-state index in [-0.39, 0.29) is 11.5 Å². The Hall–Kier alpha value is -0.900. The minimum absolute atomic E-state index is 0.111. The van der Waals surface area contributed by atoms with Crippen LogP contribution in [0, 0.1) is 19.3 Å². The maximum absolute atomic E-state index is 5.78. The van der Waals surface area contributed by atoms with E-state index in [4.69, 9.17) is 5.73 Å². The van der Waals surface area contributed by atoms with Crippen LogP contribution in [0.1, 0.15) is 38.5 Å². The van der Waals surface area contributed by atoms with Crippen molar-refractivity contribution in [3.05, 3.63) is 11.6 Å². The van der Waals surface area contributed by atoms with Crippen molar-refractivity contribution >= 4 is 0 Å². The van der Waals surface area contributed by atoms with Gasteiger partial charge in [-0.05, 0) is 19.3 Å². The molecule has 0 bridgehead atoms. The van der Waals surface area contributed by atoms with Gasteiger partial charge in [-0.25, -0.2) is 9.67 Å². The first-order valence-electron chi connectivity index (χ1n) is 4.96. The van der Waals surface area contributed by atoms with E-state index in [0.717, 1.165) is 11.6 Å². The molecule has 1 rings (SSSR count). The van der Waals surface area contributed by atoms with Gasteiger partial charge in [0.15, 0.2) is 0 Å². The van der Waals surface area contributed by atoms with Crippen molar-refractivity contribution in [2.75, 3.05) is 6.54 Å². The van der Waals surface area contributed by atoms with E-state index >= 15 is 0 Å². The summed E-state index contributed by atoms with van der Waals surface area (Å²) in [5, 5.41) is 4.37. The molecule has 1 heterocycles. The van der Waals surface area contributed by atoms with Crippen LogP contribution in [-0.4, -0.2) is 21.3 Å². The zero-order valence-electron chi connectivity index (χ0n) is 9.70. The summed E-state index contributed by atoms with van der Waals surface area (Å²) in [5.41, 5.74) is 5.89. The van der Waals surface area contributed by atoms with Crippen LogP contribution in [0.4, 0.5) is 0 Å². The van der Waals surface area contributed by atoms with Crippen LogP contribution in [0.3, 0.4) is 0 Å². The normalized spacial score (nSPS) is 14.4. The zero-order chi connectivity index (χ0) is 10.9. The van der Waals surface area contributed by atoms with E-state index < -0.39 is 0 Å². The fraction of sp³-hybridized carbons (Fsp3) is 0.800. The third kappa shape index (κ3) is 2.12. The van der Waals surface area contributed by atoms with Crippen molar-refractivity contribution in [2.24, 2.45) is 11.1 Å². The first-order valence-corrected chi connectivity index (χ1v) is 4.96. The predicted octanol–water partition coefficient (Wildman–Crippen LogP) is 1.44. The van der Waals surface area contributed by atoms with Gasteiger partial charge >= 0.3 is 0 Å². The fourth-order valence-electron chi connectivity index (χ4n) is 1.65. The molecule has 0 radical (unpaired) electrons. The Morgan fingerprint density at radius 1 is 1.36 bits per heavy atom. The van der Waals surface area contributed by atoms with Crippen molar-refractivity contribution in [1.29, 1.82) is 0 Å². The molecule has 0 aliphatic heterocycles. The second-order valence-electron chi connectivity index (χ2n) is 4.77. The number of hydrogen-bond acceptors (Lipinski definition) is 3. The average molecular weight is 196 g/mol. The minimum atomic E-state index is 0.111. The molecular weight excluding hydrogens is 176 g/mol. The Bertz CT molecular complexity index is 308. The molecular formula is C10H20N4. The van der Waals surface area contributed by atoms with E-state index in [1.807, 2.05) is 18.5 Å². The molecule has 1 atom stereocenters. The Kier molecular flexibility index (Phi) is 2.95. The van der Waals surface area contributed by atoms with Gasteiger partial charge in [0.2, 0.25) is 0 Å². The van der Waals surface area contributed by atoms with Gasteiger partial charge < -0.3 is 5.73 Å². The minimum Gasteiger partial charge on any atom is -0.328 e. The Labute approximate surface area is 85.5 Å². The summed E-state index contributed by atoms with van der Waals surface area (Å²) in [6.45, 7) is 11.0. The third-order valence-electron chi connectivity index (χ3n) is 2.43. The van der Waals surface area contributed by atoms with Crippen LogP contribution in [0.5, 0.6) is 0 Å². The van der Waals surface area contributed by atoms with E-state index in [0.29, 0.717) is 6.54 Å². The van der Waals surface area contributed by atoms with Gasteiger partial charge in [0.1, 0.15) is 11.6 Å². The van der Waals surface area contributed by atoms with Gasteiger partial charge in [-0.1, -0.05) is 20.8 Å². The topological polar surface area (TPSA) is 56.7 Å². The van der Waals surface area contributed by atoms with E-state index in [1.165, 1.54) is 0 Å². The van der Waals surface area contributed by atoms with Gasteiger partial charge in [-0.2, -0.15) is 5.10 Å². The smallest absolute Gasteiger partial charge is 0.147 e. The lowest BCUT2D eigenvalue weighted by Crippen LogP contribution is -2.32. The molecule has 1 aromatic rings. The Morgan fingerprint density at radius 2 is 1.93 bits per heavy atom. The van der Waals surface area contributed by atoms with Crippen molar-refractivity contribution in [1.82, 2.24) is 14.8 Å². The van der Waals surface area contributed by atoms with Crippen LogP contribution >= 0.6 is 0 Å². The molecule has 14 heavy (non-hydrogen) atoms. The van der Waals surface area contributed by atoms with Crippen molar-refractivity contribution in [3.63, 3.8) is 0 Å². The van der Waals surface area contributed by atoms with Crippen LogP contribution in [0.2, 0.25) is 0 Å². The largest absolute Gasteiger partial charge is 0.328 e. The molecule has 4 nitrogen and oxygen atoms in total. The summed E-state index contributed by atoms with van der Waals surface area (Å²) < 4.78 is 1.94. The highest BCUT2D eigenvalue weighted by Crippen LogP contribution is 2.29. The summed E-state index contributed by atoms with van der Waals surface area (Å²) in [6.07, 6.45) is 0. The highest BCUT2D eigenvalue weighted by molar-refractivity contribution is 4.93. The fourth-order valence-corrected chi connectivity index (χ4v) is 1.65. The van der Waals surface area contributed by atoms with Crippen LogP contribution in [-0.2, 0) is 0 Å². The summed E-state index contributed by atoms with van der Waals surface area (Å²) in [6, 6.07) is 0.212. The number of nitrogens with two attached hydrogens (primary N) is 1. The van der Waals surface area contributed by atoms with Crippen molar-refractivity contribution in [2.45, 2.75) is 40.7 Å². The zero-order valence-corrected chi connectivity index (χ0v) is 9.70. The standard InChI is InChI=1S/C10H20N4/c1-7-12-8(2)14(13-7)9(6-11)10(3,4)5/h9H,6,11H2,1-5H3. The predicted molar refractivity (Wildman–Crippen MR) is 57.0 cm³/mol. The van der Waals surface area contributed by atoms with E-state index in [9.17, 15) is 0 Å². The molecule has 2 N–H and O–H groups in total. The maximum atomic E-state index is 5.78. The molecule has 0 saturated carbocycles. The van der Waals surface area contributed by atoms with Gasteiger partial charge in [0, 0.05) is 6.54 Å². The Morgan fingerprint density at radius 3 is 2.21 bits per heavy atom. The quantitative estimate of drug-likeness (QED) is 0.778. The molecule has 1 aromatic heterocycles. The van der Waals surface area contributed by atoms with Crippen LogP contribution < -0.4 is 5.73 Å². The molecule has 0 aliphatic carbocycles. The van der Waals surface area contributed by atoms with Crippen LogP contribution in [0.25, 0.3) is 0 Å². The molecule has 0 spiro atoms. The van der Waals surface area contributed by atoms with Gasteiger partial charge in [0.05, 0.1) is 6.04 Å². The lowest BCUT2D eigenvalue weighted by molar-refractivity contribution is 0.227. The number of aromatic nitrogens is 3. The monoisotopic (exact) mass is 196 g/mol. The number of hydrogen-bond donors (Lipinski definition) is 1. The lowest BCUT2D eigenvalue weighted by Gasteiger charge is -2.30. The number of aryl methyl sites for hydroxylation is 2. The molecule has 0 amide bonds. The maximum Gasteiger partial charge on any atom is 0.147 e. The second kappa shape index (κ2) is 3.69. The SMILES string of the molecule is Cc1nc(C)n(C(CN)C(C)(C)C)n1. The van der Waals surface area contributed by atoms with Gasteiger partial charge in [0.25, 0.3) is 0 Å². The third-order valence-corrected chi connectivity index (χ3v) is 2.43. The summed E-state index contributed by atoms with van der Waals surface area (Å²) in [5.74, 6) is 1.75. The highest BCUT2D eigenvalue weighted by atomic mass is 15.4.